The third-order valence-corrected chi connectivity index (χ3v) is 3.88. The fraction of sp³-hybridized carbons (Fsp3) is 0.438. The Bertz CT molecular complexity index is 628. The zero-order valence-electron chi connectivity index (χ0n) is 11.6. The van der Waals surface area contributed by atoms with Crippen molar-refractivity contribution in [1.82, 2.24) is 5.32 Å². The molecule has 1 aromatic heterocycles. The molecule has 0 saturated heterocycles. The van der Waals surface area contributed by atoms with Crippen molar-refractivity contribution < 1.29 is 14.3 Å². The van der Waals surface area contributed by atoms with Crippen LogP contribution in [0.2, 0.25) is 0 Å². The highest BCUT2D eigenvalue weighted by molar-refractivity contribution is 6.03. The van der Waals surface area contributed by atoms with Crippen LogP contribution in [0.3, 0.4) is 0 Å². The highest BCUT2D eigenvalue weighted by Gasteiger charge is 2.24. The molecule has 1 aliphatic rings. The van der Waals surface area contributed by atoms with E-state index in [9.17, 15) is 9.90 Å². The first-order valence-electron chi connectivity index (χ1n) is 7.12. The van der Waals surface area contributed by atoms with Crippen LogP contribution in [0.4, 0.5) is 0 Å². The highest BCUT2D eigenvalue weighted by Crippen LogP contribution is 2.33. The van der Waals surface area contributed by atoms with E-state index in [1.807, 2.05) is 12.1 Å². The van der Waals surface area contributed by atoms with Gasteiger partial charge < -0.3 is 14.8 Å². The second-order valence-corrected chi connectivity index (χ2v) is 5.66. The van der Waals surface area contributed by atoms with Crippen molar-refractivity contribution in [3.8, 4) is 0 Å². The van der Waals surface area contributed by atoms with Crippen molar-refractivity contribution >= 4 is 16.9 Å². The quantitative estimate of drug-likeness (QED) is 0.846. The summed E-state index contributed by atoms with van der Waals surface area (Å²) in [7, 11) is 0. The van der Waals surface area contributed by atoms with E-state index in [4.69, 9.17) is 4.42 Å². The number of fused-ring (bicyclic) bond motifs is 1. The Hall–Kier alpha value is -1.81. The van der Waals surface area contributed by atoms with Gasteiger partial charge in [0.1, 0.15) is 16.9 Å². The number of benzene rings is 1. The van der Waals surface area contributed by atoms with E-state index in [-0.39, 0.29) is 5.56 Å². The van der Waals surface area contributed by atoms with Crippen LogP contribution in [0.15, 0.2) is 28.7 Å². The second kappa shape index (κ2) is 5.29. The molecule has 1 atom stereocenters. The predicted molar refractivity (Wildman–Crippen MR) is 76.8 cm³/mol. The minimum Gasteiger partial charge on any atom is -0.478 e. The summed E-state index contributed by atoms with van der Waals surface area (Å²) >= 11 is 0. The van der Waals surface area contributed by atoms with Crippen LogP contribution >= 0.6 is 0 Å². The molecule has 1 unspecified atom stereocenters. The number of aromatic carboxylic acids is 1. The highest BCUT2D eigenvalue weighted by atomic mass is 16.4. The Morgan fingerprint density at radius 1 is 1.45 bits per heavy atom. The van der Waals surface area contributed by atoms with Crippen molar-refractivity contribution in [3.05, 3.63) is 35.6 Å². The Morgan fingerprint density at radius 3 is 2.90 bits per heavy atom. The maximum atomic E-state index is 11.4. The lowest BCUT2D eigenvalue weighted by Gasteiger charge is -2.12. The zero-order valence-corrected chi connectivity index (χ0v) is 11.6. The molecule has 2 aromatic rings. The SMILES string of the molecule is CC(CC1CC1)NCc1oc2ccccc2c1C(=O)O. The fourth-order valence-electron chi connectivity index (χ4n) is 2.66. The van der Waals surface area contributed by atoms with Crippen LogP contribution in [-0.4, -0.2) is 17.1 Å². The van der Waals surface area contributed by atoms with Gasteiger partial charge in [-0.25, -0.2) is 4.79 Å². The number of furan rings is 1. The van der Waals surface area contributed by atoms with Crippen molar-refractivity contribution in [2.24, 2.45) is 5.92 Å². The van der Waals surface area contributed by atoms with Gasteiger partial charge in [0.25, 0.3) is 0 Å². The normalized spacial score (nSPS) is 16.4. The maximum Gasteiger partial charge on any atom is 0.339 e. The van der Waals surface area contributed by atoms with Crippen LogP contribution in [0.5, 0.6) is 0 Å². The molecule has 2 N–H and O–H groups in total. The molecule has 0 bridgehead atoms. The van der Waals surface area contributed by atoms with Gasteiger partial charge in [0, 0.05) is 11.4 Å². The molecule has 1 aliphatic carbocycles. The van der Waals surface area contributed by atoms with Gasteiger partial charge in [0.15, 0.2) is 0 Å². The monoisotopic (exact) mass is 273 g/mol. The number of hydrogen-bond donors (Lipinski definition) is 2. The molecule has 20 heavy (non-hydrogen) atoms. The Labute approximate surface area is 117 Å². The van der Waals surface area contributed by atoms with E-state index in [1.165, 1.54) is 12.8 Å². The predicted octanol–water partition coefficient (Wildman–Crippen LogP) is 3.41. The van der Waals surface area contributed by atoms with Crippen molar-refractivity contribution in [1.29, 1.82) is 0 Å². The van der Waals surface area contributed by atoms with Crippen LogP contribution < -0.4 is 5.32 Å². The number of para-hydroxylation sites is 1. The van der Waals surface area contributed by atoms with E-state index in [1.54, 1.807) is 12.1 Å². The van der Waals surface area contributed by atoms with Gasteiger partial charge in [-0.2, -0.15) is 0 Å². The molecule has 1 aromatic carbocycles. The molecule has 0 amide bonds. The van der Waals surface area contributed by atoms with E-state index in [0.717, 1.165) is 12.3 Å². The summed E-state index contributed by atoms with van der Waals surface area (Å²) in [6, 6.07) is 7.66. The van der Waals surface area contributed by atoms with Gasteiger partial charge in [-0.15, -0.1) is 0 Å². The second-order valence-electron chi connectivity index (χ2n) is 5.66. The van der Waals surface area contributed by atoms with Gasteiger partial charge in [-0.1, -0.05) is 31.0 Å². The molecule has 1 heterocycles. The van der Waals surface area contributed by atoms with Crippen LogP contribution in [0, 0.1) is 5.92 Å². The van der Waals surface area contributed by atoms with Gasteiger partial charge in [0.05, 0.1) is 6.54 Å². The molecule has 3 rings (SSSR count). The molecule has 0 spiro atoms. The van der Waals surface area contributed by atoms with Crippen molar-refractivity contribution in [2.75, 3.05) is 0 Å². The van der Waals surface area contributed by atoms with E-state index < -0.39 is 5.97 Å². The Morgan fingerprint density at radius 2 is 2.20 bits per heavy atom. The maximum absolute atomic E-state index is 11.4. The Kier molecular flexibility index (Phi) is 3.49. The lowest BCUT2D eigenvalue weighted by molar-refractivity contribution is 0.0696. The third kappa shape index (κ3) is 2.70. The molecular weight excluding hydrogens is 254 g/mol. The summed E-state index contributed by atoms with van der Waals surface area (Å²) in [6.07, 6.45) is 3.82. The molecule has 1 saturated carbocycles. The molecule has 1 fully saturated rings. The lowest BCUT2D eigenvalue weighted by Crippen LogP contribution is -2.26. The summed E-state index contributed by atoms with van der Waals surface area (Å²) < 4.78 is 5.69. The zero-order chi connectivity index (χ0) is 14.1. The average molecular weight is 273 g/mol. The third-order valence-electron chi connectivity index (χ3n) is 3.88. The number of nitrogens with one attached hydrogen (secondary N) is 1. The smallest absolute Gasteiger partial charge is 0.339 e. The fourth-order valence-corrected chi connectivity index (χ4v) is 2.66. The summed E-state index contributed by atoms with van der Waals surface area (Å²) in [5.74, 6) is 0.440. The first-order valence-corrected chi connectivity index (χ1v) is 7.12. The Balaban J connectivity index is 1.79. The van der Waals surface area contributed by atoms with Gasteiger partial charge >= 0.3 is 5.97 Å². The number of carboxylic acids is 1. The van der Waals surface area contributed by atoms with Crippen molar-refractivity contribution in [2.45, 2.75) is 38.8 Å². The molecule has 0 aliphatic heterocycles. The summed E-state index contributed by atoms with van der Waals surface area (Å²) in [4.78, 5) is 11.4. The average Bonchev–Trinajstić information content (AvgIpc) is 3.13. The first-order chi connectivity index (χ1) is 9.65. The van der Waals surface area contributed by atoms with Crippen molar-refractivity contribution in [3.63, 3.8) is 0 Å². The van der Waals surface area contributed by atoms with Crippen LogP contribution in [0.1, 0.15) is 42.3 Å². The largest absolute Gasteiger partial charge is 0.478 e. The summed E-state index contributed by atoms with van der Waals surface area (Å²) in [5.41, 5.74) is 0.920. The number of rotatable bonds is 6. The summed E-state index contributed by atoms with van der Waals surface area (Å²) in [5, 5.41) is 13.4. The topological polar surface area (TPSA) is 62.5 Å². The molecule has 0 radical (unpaired) electrons. The lowest BCUT2D eigenvalue weighted by atomic mass is 10.1. The van der Waals surface area contributed by atoms with Gasteiger partial charge in [-0.05, 0) is 25.3 Å². The van der Waals surface area contributed by atoms with Crippen LogP contribution in [-0.2, 0) is 6.54 Å². The number of carbonyl (C=O) groups is 1. The molecule has 4 heteroatoms. The van der Waals surface area contributed by atoms with Gasteiger partial charge in [0.2, 0.25) is 0 Å². The molecule has 4 nitrogen and oxygen atoms in total. The van der Waals surface area contributed by atoms with Gasteiger partial charge in [-0.3, -0.25) is 0 Å². The summed E-state index contributed by atoms with van der Waals surface area (Å²) in [6.45, 7) is 2.60. The standard InChI is InChI=1S/C16H19NO3/c1-10(8-11-6-7-11)17-9-14-15(16(18)19)12-4-2-3-5-13(12)20-14/h2-5,10-11,17H,6-9H2,1H3,(H,18,19). The number of carboxylic acid groups (broad SMARTS) is 1. The van der Waals surface area contributed by atoms with Crippen LogP contribution in [0.25, 0.3) is 11.0 Å². The number of hydrogen-bond acceptors (Lipinski definition) is 3. The molecular formula is C16H19NO3. The minimum atomic E-state index is -0.929. The van der Waals surface area contributed by atoms with E-state index in [2.05, 4.69) is 12.2 Å². The van der Waals surface area contributed by atoms with E-state index >= 15 is 0 Å². The van der Waals surface area contributed by atoms with E-state index in [0.29, 0.717) is 29.3 Å². The molecule has 106 valence electrons. The first kappa shape index (κ1) is 13.2. The minimum absolute atomic E-state index is 0.284.